The predicted octanol–water partition coefficient (Wildman–Crippen LogP) is 2.74. The van der Waals surface area contributed by atoms with Crippen LogP contribution in [0, 0.1) is 0 Å². The lowest BCUT2D eigenvalue weighted by Gasteiger charge is -2.23. The highest BCUT2D eigenvalue weighted by Crippen LogP contribution is 2.35. The van der Waals surface area contributed by atoms with Gasteiger partial charge in [-0.05, 0) is 62.1 Å². The van der Waals surface area contributed by atoms with E-state index in [1.165, 1.54) is 0 Å². The summed E-state index contributed by atoms with van der Waals surface area (Å²) in [7, 11) is -3.61. The van der Waals surface area contributed by atoms with Crippen LogP contribution in [-0.4, -0.2) is 39.6 Å². The van der Waals surface area contributed by atoms with Crippen molar-refractivity contribution in [3.05, 3.63) is 59.7 Å². The molecule has 0 saturated carbocycles. The lowest BCUT2D eigenvalue weighted by molar-refractivity contribution is 0.0981. The number of carbonyl (C=O) groups excluding carboxylic acids is 1. The number of carbonyl (C=O) groups is 1. The molecule has 1 saturated heterocycles. The second-order valence-corrected chi connectivity index (χ2v) is 9.14. The molecule has 1 amide bonds. The fourth-order valence-electron chi connectivity index (χ4n) is 3.90. The molecule has 2 aliphatic rings. The Kier molecular flexibility index (Phi) is 5.23. The van der Waals surface area contributed by atoms with E-state index in [0.29, 0.717) is 18.6 Å². The van der Waals surface area contributed by atoms with E-state index in [1.807, 2.05) is 25.1 Å². The van der Waals surface area contributed by atoms with Crippen LogP contribution in [0.1, 0.15) is 35.7 Å². The van der Waals surface area contributed by atoms with E-state index in [9.17, 15) is 13.2 Å². The molecule has 0 unspecified atom stereocenters. The molecule has 2 aromatic carbocycles. The first-order valence-electron chi connectivity index (χ1n) is 9.58. The third kappa shape index (κ3) is 3.70. The predicted molar refractivity (Wildman–Crippen MR) is 107 cm³/mol. The van der Waals surface area contributed by atoms with E-state index >= 15 is 0 Å². The number of nitrogens with one attached hydrogen (secondary N) is 1. The zero-order valence-corrected chi connectivity index (χ0v) is 16.6. The van der Waals surface area contributed by atoms with Gasteiger partial charge in [-0.25, -0.2) is 13.1 Å². The quantitative estimate of drug-likeness (QED) is 0.837. The molecule has 2 aromatic rings. The van der Waals surface area contributed by atoms with Crippen molar-refractivity contribution in [1.29, 1.82) is 0 Å². The van der Waals surface area contributed by atoms with Gasteiger partial charge in [0.05, 0.1) is 11.0 Å². The van der Waals surface area contributed by atoms with Gasteiger partial charge in [0.15, 0.2) is 0 Å². The number of hydrogen-bond donors (Lipinski definition) is 1. The highest BCUT2D eigenvalue weighted by atomic mass is 32.2. The number of ether oxygens (including phenoxy) is 1. The van der Waals surface area contributed by atoms with E-state index in [2.05, 4.69) is 4.72 Å². The molecule has 1 N–H and O–H groups in total. The van der Waals surface area contributed by atoms with Gasteiger partial charge in [-0.3, -0.25) is 4.79 Å². The number of anilines is 1. The molecule has 148 valence electrons. The summed E-state index contributed by atoms with van der Waals surface area (Å²) in [5.41, 5.74) is 2.27. The van der Waals surface area contributed by atoms with Crippen LogP contribution in [-0.2, 0) is 21.2 Å². The molecule has 1 fully saturated rings. The zero-order chi connectivity index (χ0) is 19.7. The van der Waals surface area contributed by atoms with Crippen molar-refractivity contribution in [2.24, 2.45) is 0 Å². The molecular formula is C21H24N2O4S. The van der Waals surface area contributed by atoms with Crippen LogP contribution >= 0.6 is 0 Å². The number of fused-ring (bicyclic) bond motifs is 1. The van der Waals surface area contributed by atoms with Gasteiger partial charge in [-0.1, -0.05) is 18.2 Å². The van der Waals surface area contributed by atoms with Crippen molar-refractivity contribution in [1.82, 2.24) is 4.72 Å². The van der Waals surface area contributed by atoms with Gasteiger partial charge in [0.25, 0.3) is 5.91 Å². The van der Waals surface area contributed by atoms with Gasteiger partial charge in [-0.15, -0.1) is 0 Å². The van der Waals surface area contributed by atoms with Gasteiger partial charge >= 0.3 is 0 Å². The Bertz CT molecular complexity index is 969. The summed E-state index contributed by atoms with van der Waals surface area (Å²) in [5, 5.41) is 0. The van der Waals surface area contributed by atoms with Crippen molar-refractivity contribution < 1.29 is 17.9 Å². The fourth-order valence-corrected chi connectivity index (χ4v) is 5.01. The summed E-state index contributed by atoms with van der Waals surface area (Å²) < 4.78 is 33.4. The Morgan fingerprint density at radius 3 is 2.71 bits per heavy atom. The molecule has 2 atom stereocenters. The zero-order valence-electron chi connectivity index (χ0n) is 15.8. The highest BCUT2D eigenvalue weighted by Gasteiger charge is 2.32. The maximum absolute atomic E-state index is 12.9. The Hall–Kier alpha value is -2.22. The molecule has 0 aromatic heterocycles. The second kappa shape index (κ2) is 7.66. The van der Waals surface area contributed by atoms with Crippen LogP contribution < -0.4 is 9.62 Å². The molecule has 7 heteroatoms. The van der Waals surface area contributed by atoms with Crippen LogP contribution in [0.5, 0.6) is 0 Å². The smallest absolute Gasteiger partial charge is 0.258 e. The Morgan fingerprint density at radius 2 is 2.00 bits per heavy atom. The van der Waals surface area contributed by atoms with Crippen LogP contribution in [0.2, 0.25) is 0 Å². The molecule has 0 bridgehead atoms. The summed E-state index contributed by atoms with van der Waals surface area (Å²) in [6.45, 7) is 2.95. The van der Waals surface area contributed by atoms with Gasteiger partial charge < -0.3 is 9.64 Å². The van der Waals surface area contributed by atoms with E-state index < -0.39 is 10.0 Å². The highest BCUT2D eigenvalue weighted by molar-refractivity contribution is 7.89. The fraction of sp³-hybridized carbons (Fsp3) is 0.381. The van der Waals surface area contributed by atoms with Crippen molar-refractivity contribution in [2.45, 2.75) is 43.2 Å². The number of sulfonamides is 1. The third-order valence-corrected chi connectivity index (χ3v) is 6.76. The minimum Gasteiger partial charge on any atom is -0.377 e. The summed E-state index contributed by atoms with van der Waals surface area (Å²) in [4.78, 5) is 14.9. The maximum Gasteiger partial charge on any atom is 0.258 e. The van der Waals surface area contributed by atoms with E-state index in [1.54, 1.807) is 35.2 Å². The van der Waals surface area contributed by atoms with Crippen LogP contribution in [0.4, 0.5) is 5.69 Å². The summed E-state index contributed by atoms with van der Waals surface area (Å²) in [6.07, 6.45) is 2.42. The Labute approximate surface area is 165 Å². The molecule has 0 spiro atoms. The molecule has 0 aliphatic carbocycles. The first kappa shape index (κ1) is 19.1. The lowest BCUT2D eigenvalue weighted by Crippen LogP contribution is -2.35. The topological polar surface area (TPSA) is 75.7 Å². The van der Waals surface area contributed by atoms with Gasteiger partial charge in [0.1, 0.15) is 0 Å². The Balaban J connectivity index is 1.55. The van der Waals surface area contributed by atoms with Crippen molar-refractivity contribution >= 4 is 21.6 Å². The van der Waals surface area contributed by atoms with E-state index in [0.717, 1.165) is 24.1 Å². The van der Waals surface area contributed by atoms with Crippen LogP contribution in [0.3, 0.4) is 0 Å². The molecule has 0 radical (unpaired) electrons. The van der Waals surface area contributed by atoms with Crippen LogP contribution in [0.25, 0.3) is 0 Å². The third-order valence-electron chi connectivity index (χ3n) is 5.34. The standard InChI is InChI=1S/C21H24N2O4S/c1-15-12-17-13-19(28(25,26)22-14-18-8-5-11-27-18)9-10-20(17)23(15)21(24)16-6-3-2-4-7-16/h2-4,6-7,9-10,13,15,18,22H,5,8,11-12,14H2,1H3/t15-,18+/m1/s1. The number of amides is 1. The average Bonchev–Trinajstić information content (AvgIpc) is 3.33. The first-order valence-corrected chi connectivity index (χ1v) is 11.1. The molecule has 2 aliphatic heterocycles. The summed E-state index contributed by atoms with van der Waals surface area (Å²) in [5.74, 6) is -0.0704. The SMILES string of the molecule is C[C@@H]1Cc2cc(S(=O)(=O)NC[C@@H]3CCCO3)ccc2N1C(=O)c1ccccc1. The molecule has 2 heterocycles. The number of nitrogens with zero attached hydrogens (tertiary/aromatic N) is 1. The normalized spacial score (nSPS) is 21.7. The largest absolute Gasteiger partial charge is 0.377 e. The lowest BCUT2D eigenvalue weighted by atomic mass is 10.1. The van der Waals surface area contributed by atoms with Gasteiger partial charge in [-0.2, -0.15) is 0 Å². The van der Waals surface area contributed by atoms with Crippen molar-refractivity contribution in [2.75, 3.05) is 18.1 Å². The minimum absolute atomic E-state index is 0.0273. The van der Waals surface area contributed by atoms with E-state index in [-0.39, 0.29) is 29.5 Å². The van der Waals surface area contributed by atoms with Crippen LogP contribution in [0.15, 0.2) is 53.4 Å². The molecule has 6 nitrogen and oxygen atoms in total. The Morgan fingerprint density at radius 1 is 1.21 bits per heavy atom. The van der Waals surface area contributed by atoms with Crippen molar-refractivity contribution in [3.63, 3.8) is 0 Å². The van der Waals surface area contributed by atoms with Gasteiger partial charge in [0, 0.05) is 30.4 Å². The number of benzene rings is 2. The molecule has 28 heavy (non-hydrogen) atoms. The maximum atomic E-state index is 12.9. The molecule has 4 rings (SSSR count). The number of rotatable bonds is 5. The monoisotopic (exact) mass is 400 g/mol. The minimum atomic E-state index is -3.61. The van der Waals surface area contributed by atoms with Gasteiger partial charge in [0.2, 0.25) is 10.0 Å². The number of hydrogen-bond acceptors (Lipinski definition) is 4. The summed E-state index contributed by atoms with van der Waals surface area (Å²) in [6, 6.07) is 14.1. The molecular weight excluding hydrogens is 376 g/mol. The first-order chi connectivity index (χ1) is 13.5. The second-order valence-electron chi connectivity index (χ2n) is 7.37. The average molecular weight is 401 g/mol. The summed E-state index contributed by atoms with van der Waals surface area (Å²) >= 11 is 0. The van der Waals surface area contributed by atoms with Crippen molar-refractivity contribution in [3.8, 4) is 0 Å². The van der Waals surface area contributed by atoms with E-state index in [4.69, 9.17) is 4.74 Å².